The predicted molar refractivity (Wildman–Crippen MR) is 74.2 cm³/mol. The number of amides is 1. The van der Waals surface area contributed by atoms with E-state index in [1.165, 1.54) is 23.9 Å². The van der Waals surface area contributed by atoms with Gasteiger partial charge in [-0.25, -0.2) is 4.39 Å². The second kappa shape index (κ2) is 7.35. The molecule has 7 heteroatoms. The second-order valence-electron chi connectivity index (χ2n) is 3.90. The molecule has 0 aliphatic heterocycles. The molecular formula is C12H13ClFNO3S. The fourth-order valence-corrected chi connectivity index (χ4v) is 2.24. The first-order valence-corrected chi connectivity index (χ1v) is 6.89. The SMILES string of the molecule is CC(CC(=O)O)SCC(=O)Nc1ccc(F)c(Cl)c1. The maximum Gasteiger partial charge on any atom is 0.304 e. The number of rotatable bonds is 6. The Bertz CT molecular complexity index is 484. The van der Waals surface area contributed by atoms with Crippen molar-refractivity contribution in [3.63, 3.8) is 0 Å². The molecule has 1 atom stereocenters. The van der Waals surface area contributed by atoms with E-state index in [0.717, 1.165) is 6.07 Å². The Kier molecular flexibility index (Phi) is 6.11. The number of halogens is 2. The van der Waals surface area contributed by atoms with Crippen LogP contribution in [0, 0.1) is 5.82 Å². The van der Waals surface area contributed by atoms with Crippen molar-refractivity contribution in [2.75, 3.05) is 11.1 Å². The van der Waals surface area contributed by atoms with E-state index >= 15 is 0 Å². The molecule has 0 aliphatic carbocycles. The van der Waals surface area contributed by atoms with E-state index in [2.05, 4.69) is 5.32 Å². The summed E-state index contributed by atoms with van der Waals surface area (Å²) in [5.41, 5.74) is 0.405. The van der Waals surface area contributed by atoms with Crippen LogP contribution in [0.3, 0.4) is 0 Å². The number of carbonyl (C=O) groups is 2. The first-order valence-electron chi connectivity index (χ1n) is 5.46. The normalized spacial score (nSPS) is 11.9. The van der Waals surface area contributed by atoms with Crippen LogP contribution in [0.2, 0.25) is 5.02 Å². The lowest BCUT2D eigenvalue weighted by molar-refractivity contribution is -0.136. The second-order valence-corrected chi connectivity index (χ2v) is 5.73. The van der Waals surface area contributed by atoms with Gasteiger partial charge in [-0.05, 0) is 18.2 Å². The summed E-state index contributed by atoms with van der Waals surface area (Å²) in [6.07, 6.45) is 0.000320. The van der Waals surface area contributed by atoms with Crippen LogP contribution in [-0.4, -0.2) is 28.0 Å². The van der Waals surface area contributed by atoms with Crippen molar-refractivity contribution in [1.82, 2.24) is 0 Å². The number of nitrogens with one attached hydrogen (secondary N) is 1. The van der Waals surface area contributed by atoms with E-state index in [9.17, 15) is 14.0 Å². The summed E-state index contributed by atoms with van der Waals surface area (Å²) in [6, 6.07) is 3.89. The Morgan fingerprint density at radius 2 is 2.21 bits per heavy atom. The maximum atomic E-state index is 12.9. The van der Waals surface area contributed by atoms with Gasteiger partial charge in [-0.2, -0.15) is 0 Å². The lowest BCUT2D eigenvalue weighted by Gasteiger charge is -2.09. The topological polar surface area (TPSA) is 66.4 Å². The Balaban J connectivity index is 2.42. The first kappa shape index (κ1) is 15.8. The van der Waals surface area contributed by atoms with E-state index in [-0.39, 0.29) is 28.4 Å². The van der Waals surface area contributed by atoms with Crippen molar-refractivity contribution < 1.29 is 19.1 Å². The molecule has 0 aromatic heterocycles. The molecule has 0 saturated carbocycles. The maximum absolute atomic E-state index is 12.9. The summed E-state index contributed by atoms with van der Waals surface area (Å²) in [6.45, 7) is 1.74. The van der Waals surface area contributed by atoms with Gasteiger partial charge in [0.05, 0.1) is 17.2 Å². The molecule has 104 valence electrons. The van der Waals surface area contributed by atoms with Crippen LogP contribution in [0.25, 0.3) is 0 Å². The fraction of sp³-hybridized carbons (Fsp3) is 0.333. The van der Waals surface area contributed by atoms with Gasteiger partial charge in [0.2, 0.25) is 5.91 Å². The summed E-state index contributed by atoms with van der Waals surface area (Å²) < 4.78 is 12.9. The Morgan fingerprint density at radius 3 is 2.79 bits per heavy atom. The Hall–Kier alpha value is -1.27. The average molecular weight is 306 g/mol. The molecule has 1 aromatic carbocycles. The minimum atomic E-state index is -0.897. The van der Waals surface area contributed by atoms with E-state index in [1.54, 1.807) is 6.92 Å². The number of hydrogen-bond acceptors (Lipinski definition) is 3. The molecule has 1 amide bonds. The molecule has 0 heterocycles. The van der Waals surface area contributed by atoms with Gasteiger partial charge in [0.1, 0.15) is 5.82 Å². The van der Waals surface area contributed by atoms with Crippen molar-refractivity contribution in [1.29, 1.82) is 0 Å². The number of aliphatic carboxylic acids is 1. The van der Waals surface area contributed by atoms with Gasteiger partial charge in [0.25, 0.3) is 0 Å². The van der Waals surface area contributed by atoms with Gasteiger partial charge in [-0.3, -0.25) is 9.59 Å². The Labute approximate surface area is 119 Å². The first-order chi connectivity index (χ1) is 8.88. The van der Waals surface area contributed by atoms with Crippen LogP contribution in [0.1, 0.15) is 13.3 Å². The van der Waals surface area contributed by atoms with Crippen LogP contribution in [0.15, 0.2) is 18.2 Å². The molecule has 4 nitrogen and oxygen atoms in total. The summed E-state index contributed by atoms with van der Waals surface area (Å²) >= 11 is 6.82. The minimum absolute atomic E-state index is 0.000320. The quantitative estimate of drug-likeness (QED) is 0.848. The molecule has 1 rings (SSSR count). The number of benzene rings is 1. The van der Waals surface area contributed by atoms with Crippen LogP contribution in [0.5, 0.6) is 0 Å². The van der Waals surface area contributed by atoms with Gasteiger partial charge in [-0.1, -0.05) is 18.5 Å². The van der Waals surface area contributed by atoms with E-state index < -0.39 is 11.8 Å². The van der Waals surface area contributed by atoms with Crippen molar-refractivity contribution in [2.45, 2.75) is 18.6 Å². The highest BCUT2D eigenvalue weighted by atomic mass is 35.5. The highest BCUT2D eigenvalue weighted by Crippen LogP contribution is 2.20. The molecule has 2 N–H and O–H groups in total. The van der Waals surface area contributed by atoms with Gasteiger partial charge in [0, 0.05) is 10.9 Å². The van der Waals surface area contributed by atoms with E-state index in [1.807, 2.05) is 0 Å². The molecule has 0 saturated heterocycles. The number of carboxylic acid groups (broad SMARTS) is 1. The predicted octanol–water partition coefficient (Wildman–Crippen LogP) is 3.01. The van der Waals surface area contributed by atoms with Crippen molar-refractivity contribution in [3.05, 3.63) is 29.0 Å². The third-order valence-electron chi connectivity index (χ3n) is 2.16. The summed E-state index contributed by atoms with van der Waals surface area (Å²) in [5, 5.41) is 10.9. The van der Waals surface area contributed by atoms with Gasteiger partial charge < -0.3 is 10.4 Å². The van der Waals surface area contributed by atoms with Gasteiger partial charge >= 0.3 is 5.97 Å². The summed E-state index contributed by atoms with van der Waals surface area (Å²) in [4.78, 5) is 22.0. The number of hydrogen-bond donors (Lipinski definition) is 2. The number of thioether (sulfide) groups is 1. The summed E-state index contributed by atoms with van der Waals surface area (Å²) in [5.74, 6) is -1.61. The van der Waals surface area contributed by atoms with Crippen molar-refractivity contribution >= 4 is 40.9 Å². The largest absolute Gasteiger partial charge is 0.481 e. The highest BCUT2D eigenvalue weighted by Gasteiger charge is 2.11. The standard InChI is InChI=1S/C12H13ClFNO3S/c1-7(4-12(17)18)19-6-11(16)15-8-2-3-10(14)9(13)5-8/h2-3,5,7H,4,6H2,1H3,(H,15,16)(H,17,18). The number of anilines is 1. The third-order valence-corrected chi connectivity index (χ3v) is 3.62. The summed E-state index contributed by atoms with van der Waals surface area (Å²) in [7, 11) is 0. The zero-order valence-electron chi connectivity index (χ0n) is 10.2. The Morgan fingerprint density at radius 1 is 1.53 bits per heavy atom. The smallest absolute Gasteiger partial charge is 0.304 e. The molecule has 19 heavy (non-hydrogen) atoms. The van der Waals surface area contributed by atoms with Crippen LogP contribution >= 0.6 is 23.4 Å². The van der Waals surface area contributed by atoms with E-state index in [0.29, 0.717) is 5.69 Å². The van der Waals surface area contributed by atoms with Crippen molar-refractivity contribution in [3.8, 4) is 0 Å². The minimum Gasteiger partial charge on any atom is -0.481 e. The lowest BCUT2D eigenvalue weighted by Crippen LogP contribution is -2.16. The molecule has 0 spiro atoms. The molecule has 0 radical (unpaired) electrons. The van der Waals surface area contributed by atoms with Gasteiger partial charge in [0.15, 0.2) is 0 Å². The molecular weight excluding hydrogens is 293 g/mol. The molecule has 0 fully saturated rings. The van der Waals surface area contributed by atoms with Crippen LogP contribution < -0.4 is 5.32 Å². The number of carboxylic acids is 1. The third kappa shape index (κ3) is 5.94. The lowest BCUT2D eigenvalue weighted by atomic mass is 10.3. The van der Waals surface area contributed by atoms with E-state index in [4.69, 9.17) is 16.7 Å². The zero-order valence-corrected chi connectivity index (χ0v) is 11.7. The molecule has 1 unspecified atom stereocenters. The molecule has 0 aliphatic rings. The van der Waals surface area contributed by atoms with Crippen molar-refractivity contribution in [2.24, 2.45) is 0 Å². The molecule has 1 aromatic rings. The molecule has 0 bridgehead atoms. The van der Waals surface area contributed by atoms with Crippen LogP contribution in [0.4, 0.5) is 10.1 Å². The average Bonchev–Trinajstić information content (AvgIpc) is 2.30. The van der Waals surface area contributed by atoms with Crippen LogP contribution in [-0.2, 0) is 9.59 Å². The van der Waals surface area contributed by atoms with Gasteiger partial charge in [-0.15, -0.1) is 11.8 Å². The number of carbonyl (C=O) groups excluding carboxylic acids is 1. The highest BCUT2D eigenvalue weighted by molar-refractivity contribution is 8.00. The zero-order chi connectivity index (χ0) is 14.4. The monoisotopic (exact) mass is 305 g/mol. The fourth-order valence-electron chi connectivity index (χ4n) is 1.29.